The largest absolute Gasteiger partial charge is 0.497 e. The van der Waals surface area contributed by atoms with E-state index in [0.717, 1.165) is 22.6 Å². The van der Waals surface area contributed by atoms with Crippen molar-refractivity contribution >= 4 is 23.4 Å². The van der Waals surface area contributed by atoms with Crippen molar-refractivity contribution in [2.75, 3.05) is 13.7 Å². The lowest BCUT2D eigenvalue weighted by Gasteiger charge is -2.37. The van der Waals surface area contributed by atoms with Gasteiger partial charge in [0, 0.05) is 34.3 Å². The Balaban J connectivity index is 1.78. The van der Waals surface area contributed by atoms with Crippen LogP contribution in [0.2, 0.25) is 5.02 Å². The van der Waals surface area contributed by atoms with Gasteiger partial charge in [0.05, 0.1) is 19.3 Å². The molecule has 32 heavy (non-hydrogen) atoms. The second kappa shape index (κ2) is 9.21. The van der Waals surface area contributed by atoms with Crippen LogP contribution in [0.5, 0.6) is 5.75 Å². The number of Topliss-reactive ketones (excluding diaryl/α,β-unsaturated/α-hetero) is 1. The van der Waals surface area contributed by atoms with Crippen molar-refractivity contribution in [3.05, 3.63) is 87.2 Å². The number of ether oxygens (including phenoxy) is 2. The molecule has 2 aromatic carbocycles. The van der Waals surface area contributed by atoms with E-state index in [9.17, 15) is 9.59 Å². The Labute approximate surface area is 193 Å². The molecule has 0 amide bonds. The molecule has 0 bridgehead atoms. The Hall–Kier alpha value is -3.05. The van der Waals surface area contributed by atoms with Crippen LogP contribution in [0.3, 0.4) is 0 Å². The molecule has 4 rings (SSSR count). The van der Waals surface area contributed by atoms with Crippen molar-refractivity contribution in [2.24, 2.45) is 0 Å². The predicted octanol–water partition coefficient (Wildman–Crippen LogP) is 5.27. The van der Waals surface area contributed by atoms with Gasteiger partial charge in [-0.15, -0.1) is 0 Å². The standard InChI is InChI=1S/C26H26ClNO4/c1-4-32-26(30)23-15(2)28-21-13-17(16-9-11-18(31-3)12-10-16)14-22(29)25(21)24(23)19-7-5-6-8-20(19)27/h5-12,17,24,28H,4,13-14H2,1-3H3. The zero-order valence-corrected chi connectivity index (χ0v) is 19.2. The third kappa shape index (κ3) is 4.05. The summed E-state index contributed by atoms with van der Waals surface area (Å²) in [5.74, 6) is -0.145. The molecule has 5 nitrogen and oxygen atoms in total. The van der Waals surface area contributed by atoms with Crippen molar-refractivity contribution in [3.8, 4) is 5.75 Å². The number of dihydropyridines is 1. The van der Waals surface area contributed by atoms with Crippen LogP contribution < -0.4 is 10.1 Å². The number of hydrogen-bond donors (Lipinski definition) is 1. The quantitative estimate of drug-likeness (QED) is 0.627. The van der Waals surface area contributed by atoms with Crippen LogP contribution in [0, 0.1) is 0 Å². The van der Waals surface area contributed by atoms with Crippen molar-refractivity contribution in [1.29, 1.82) is 0 Å². The summed E-state index contributed by atoms with van der Waals surface area (Å²) in [7, 11) is 1.63. The summed E-state index contributed by atoms with van der Waals surface area (Å²) in [6.07, 6.45) is 1.03. The molecule has 1 aliphatic carbocycles. The van der Waals surface area contributed by atoms with Gasteiger partial charge >= 0.3 is 5.97 Å². The number of carbonyl (C=O) groups is 2. The first-order chi connectivity index (χ1) is 15.4. The number of esters is 1. The molecular weight excluding hydrogens is 426 g/mol. The molecule has 6 heteroatoms. The SMILES string of the molecule is CCOC(=O)C1=C(C)NC2=C(C(=O)CC(c3ccc(OC)cc3)C2)C1c1ccccc1Cl. The van der Waals surface area contributed by atoms with E-state index in [4.69, 9.17) is 21.1 Å². The summed E-state index contributed by atoms with van der Waals surface area (Å²) in [6, 6.07) is 15.2. The van der Waals surface area contributed by atoms with Crippen molar-refractivity contribution in [1.82, 2.24) is 5.32 Å². The molecule has 1 heterocycles. The van der Waals surface area contributed by atoms with Crippen molar-refractivity contribution in [3.63, 3.8) is 0 Å². The van der Waals surface area contributed by atoms with Gasteiger partial charge in [-0.1, -0.05) is 41.9 Å². The van der Waals surface area contributed by atoms with Crippen LogP contribution in [0.1, 0.15) is 49.7 Å². The van der Waals surface area contributed by atoms with Gasteiger partial charge in [0.25, 0.3) is 0 Å². The number of benzene rings is 2. The topological polar surface area (TPSA) is 64.6 Å². The molecule has 2 atom stereocenters. The second-order valence-electron chi connectivity index (χ2n) is 8.03. The molecule has 0 radical (unpaired) electrons. The van der Waals surface area contributed by atoms with E-state index in [2.05, 4.69) is 5.32 Å². The van der Waals surface area contributed by atoms with E-state index >= 15 is 0 Å². The molecule has 166 valence electrons. The molecule has 2 aromatic rings. The molecule has 0 fully saturated rings. The van der Waals surface area contributed by atoms with Crippen LogP contribution in [0.15, 0.2) is 71.1 Å². The minimum Gasteiger partial charge on any atom is -0.497 e. The minimum atomic E-state index is -0.552. The van der Waals surface area contributed by atoms with E-state index in [1.54, 1.807) is 20.1 Å². The average Bonchev–Trinajstić information content (AvgIpc) is 2.78. The summed E-state index contributed by atoms with van der Waals surface area (Å²) < 4.78 is 10.6. The zero-order chi connectivity index (χ0) is 22.8. The molecule has 0 aromatic heterocycles. The summed E-state index contributed by atoms with van der Waals surface area (Å²) >= 11 is 6.54. The summed E-state index contributed by atoms with van der Waals surface area (Å²) in [4.78, 5) is 26.4. The Morgan fingerprint density at radius 3 is 2.50 bits per heavy atom. The maximum absolute atomic E-state index is 13.5. The Morgan fingerprint density at radius 2 is 1.84 bits per heavy atom. The molecule has 0 saturated heterocycles. The number of allylic oxidation sites excluding steroid dienone is 3. The molecule has 1 aliphatic heterocycles. The van der Waals surface area contributed by atoms with E-state index in [-0.39, 0.29) is 18.3 Å². The second-order valence-corrected chi connectivity index (χ2v) is 8.44. The van der Waals surface area contributed by atoms with Gasteiger partial charge in [0.2, 0.25) is 0 Å². The predicted molar refractivity (Wildman–Crippen MR) is 124 cm³/mol. The molecular formula is C26H26ClNO4. The van der Waals surface area contributed by atoms with Gasteiger partial charge in [-0.2, -0.15) is 0 Å². The number of hydrogen-bond acceptors (Lipinski definition) is 5. The molecule has 0 saturated carbocycles. The van der Waals surface area contributed by atoms with Gasteiger partial charge in [-0.25, -0.2) is 4.79 Å². The highest BCUT2D eigenvalue weighted by Gasteiger charge is 2.42. The number of nitrogens with one attached hydrogen (secondary N) is 1. The molecule has 2 aliphatic rings. The van der Waals surface area contributed by atoms with Crippen LogP contribution in [0.4, 0.5) is 0 Å². The smallest absolute Gasteiger partial charge is 0.336 e. The van der Waals surface area contributed by atoms with Crippen LogP contribution >= 0.6 is 11.6 Å². The average molecular weight is 452 g/mol. The maximum atomic E-state index is 13.5. The van der Waals surface area contributed by atoms with Crippen LogP contribution in [-0.2, 0) is 14.3 Å². The third-order valence-electron chi connectivity index (χ3n) is 6.13. The first-order valence-corrected chi connectivity index (χ1v) is 11.1. The normalized spacial score (nSPS) is 20.6. The fraction of sp³-hybridized carbons (Fsp3) is 0.308. The van der Waals surface area contributed by atoms with E-state index in [1.165, 1.54) is 0 Å². The Kier molecular flexibility index (Phi) is 6.38. The number of rotatable bonds is 5. The zero-order valence-electron chi connectivity index (χ0n) is 18.4. The first-order valence-electron chi connectivity index (χ1n) is 10.7. The highest BCUT2D eigenvalue weighted by molar-refractivity contribution is 6.31. The molecule has 0 spiro atoms. The third-order valence-corrected chi connectivity index (χ3v) is 6.47. The number of ketones is 1. The van der Waals surface area contributed by atoms with Gasteiger partial charge in [0.1, 0.15) is 5.75 Å². The summed E-state index contributed by atoms with van der Waals surface area (Å²) in [5.41, 5.74) is 4.40. The van der Waals surface area contributed by atoms with Crippen LogP contribution in [0.25, 0.3) is 0 Å². The lowest BCUT2D eigenvalue weighted by molar-refractivity contribution is -0.138. The number of methoxy groups -OCH3 is 1. The Morgan fingerprint density at radius 1 is 1.12 bits per heavy atom. The van der Waals surface area contributed by atoms with E-state index in [1.807, 2.05) is 49.4 Å². The van der Waals surface area contributed by atoms with E-state index in [0.29, 0.717) is 34.7 Å². The molecule has 1 N–H and O–H groups in total. The van der Waals surface area contributed by atoms with Crippen molar-refractivity contribution in [2.45, 2.75) is 38.5 Å². The summed E-state index contributed by atoms with van der Waals surface area (Å²) in [5, 5.41) is 3.87. The van der Waals surface area contributed by atoms with Crippen LogP contribution in [-0.4, -0.2) is 25.5 Å². The number of carbonyl (C=O) groups excluding carboxylic acids is 2. The lowest BCUT2D eigenvalue weighted by Crippen LogP contribution is -2.36. The maximum Gasteiger partial charge on any atom is 0.336 e. The van der Waals surface area contributed by atoms with Crippen molar-refractivity contribution < 1.29 is 19.1 Å². The number of halogens is 1. The molecule has 2 unspecified atom stereocenters. The van der Waals surface area contributed by atoms with Gasteiger partial charge < -0.3 is 14.8 Å². The Bertz CT molecular complexity index is 1120. The lowest BCUT2D eigenvalue weighted by atomic mass is 9.71. The summed E-state index contributed by atoms with van der Waals surface area (Å²) in [6.45, 7) is 3.87. The van der Waals surface area contributed by atoms with Gasteiger partial charge in [-0.3, -0.25) is 4.79 Å². The first kappa shape index (κ1) is 22.2. The highest BCUT2D eigenvalue weighted by Crippen LogP contribution is 2.47. The van der Waals surface area contributed by atoms with E-state index < -0.39 is 11.9 Å². The van der Waals surface area contributed by atoms with Gasteiger partial charge in [-0.05, 0) is 55.5 Å². The fourth-order valence-electron chi connectivity index (χ4n) is 4.65. The minimum absolute atomic E-state index is 0.0128. The highest BCUT2D eigenvalue weighted by atomic mass is 35.5. The fourth-order valence-corrected chi connectivity index (χ4v) is 4.90. The van der Waals surface area contributed by atoms with Gasteiger partial charge in [0.15, 0.2) is 5.78 Å². The monoisotopic (exact) mass is 451 g/mol.